The zero-order chi connectivity index (χ0) is 29.8. The molecule has 0 radical (unpaired) electrons. The van der Waals surface area contributed by atoms with Gasteiger partial charge in [-0.05, 0) is 42.0 Å². The minimum absolute atomic E-state index is 0.00680. The van der Waals surface area contributed by atoms with E-state index in [2.05, 4.69) is 0 Å². The molecule has 0 saturated carbocycles. The normalized spacial score (nSPS) is 17.1. The van der Waals surface area contributed by atoms with Gasteiger partial charge in [-0.3, -0.25) is 9.59 Å². The van der Waals surface area contributed by atoms with Crippen molar-refractivity contribution in [2.24, 2.45) is 11.8 Å². The number of unbranched alkanes of at least 4 members (excludes halogenated alkanes) is 1. The third-order valence-electron chi connectivity index (χ3n) is 7.23. The first-order valence-electron chi connectivity index (χ1n) is 14.7. The molecule has 1 N–H and O–H groups in total. The molecule has 1 fully saturated rings. The fourth-order valence-electron chi connectivity index (χ4n) is 4.97. The summed E-state index contributed by atoms with van der Waals surface area (Å²) in [5, 5.41) is 11.4. The summed E-state index contributed by atoms with van der Waals surface area (Å²) in [6.07, 6.45) is 2.19. The number of Topliss-reactive ketones (excluding diaryl/α,β-unsaturated/α-hetero) is 1. The lowest BCUT2D eigenvalue weighted by atomic mass is 9.90. The Bertz CT molecular complexity index is 1190. The number of carbonyl (C=O) groups excluding carboxylic acids is 2. The monoisotopic (exact) mass is 587 g/mol. The number of aliphatic hydroxyl groups is 1. The van der Waals surface area contributed by atoms with Gasteiger partial charge in [0.25, 0.3) is 0 Å². The van der Waals surface area contributed by atoms with E-state index in [1.54, 1.807) is 12.1 Å². The number of rotatable bonds is 17. The Hall–Kier alpha value is -2.59. The van der Waals surface area contributed by atoms with Gasteiger partial charge in [-0.15, -0.1) is 0 Å². The summed E-state index contributed by atoms with van der Waals surface area (Å²) >= 11 is 0. The number of hydrogen-bond donors (Lipinski definition) is 1. The highest BCUT2D eigenvalue weighted by atomic mass is 32.2. The number of aliphatic hydroxyl groups excluding tert-OH is 1. The summed E-state index contributed by atoms with van der Waals surface area (Å²) in [6, 6.07) is 15.9. The average Bonchev–Trinajstić information content (AvgIpc) is 3.44. The fraction of sp³-hybridized carbons (Fsp3) is 0.562. The van der Waals surface area contributed by atoms with E-state index in [4.69, 9.17) is 9.47 Å². The number of ether oxygens (including phenoxy) is 2. The van der Waals surface area contributed by atoms with Crippen LogP contribution in [0.4, 0.5) is 0 Å². The van der Waals surface area contributed by atoms with Crippen LogP contribution in [0.15, 0.2) is 59.5 Å². The third kappa shape index (κ3) is 10.6. The standard InChI is InChI=1S/C32H45NO7S/c1-4-5-11-28(34)19-26-12-14-30(15-13-26)41(37,38)33(21-24(2)3)22-31(35)27(18-25-9-7-6-8-10-25)20-32(36)40-29-16-17-39-23-29/h6-10,12-15,24,27,29,31,35H,4-5,11,16-23H2,1-3H3. The predicted octanol–water partition coefficient (Wildman–Crippen LogP) is 4.58. The Balaban J connectivity index is 1.77. The van der Waals surface area contributed by atoms with Gasteiger partial charge in [-0.25, -0.2) is 8.42 Å². The van der Waals surface area contributed by atoms with Gasteiger partial charge in [-0.1, -0.05) is 69.7 Å². The summed E-state index contributed by atoms with van der Waals surface area (Å²) in [6.45, 7) is 6.84. The van der Waals surface area contributed by atoms with E-state index in [1.807, 2.05) is 51.1 Å². The van der Waals surface area contributed by atoms with Crippen molar-refractivity contribution in [2.75, 3.05) is 26.3 Å². The van der Waals surface area contributed by atoms with Crippen LogP contribution in [0, 0.1) is 11.8 Å². The first-order chi connectivity index (χ1) is 19.6. The highest BCUT2D eigenvalue weighted by Crippen LogP contribution is 2.24. The van der Waals surface area contributed by atoms with Gasteiger partial charge in [0.05, 0.1) is 30.6 Å². The van der Waals surface area contributed by atoms with Crippen LogP contribution < -0.4 is 0 Å². The van der Waals surface area contributed by atoms with Crippen molar-refractivity contribution in [2.45, 2.75) is 82.8 Å². The first kappa shape index (κ1) is 32.9. The molecule has 1 heterocycles. The van der Waals surface area contributed by atoms with E-state index in [0.29, 0.717) is 32.5 Å². The minimum atomic E-state index is -3.95. The quantitative estimate of drug-likeness (QED) is 0.270. The van der Waals surface area contributed by atoms with Crippen molar-refractivity contribution in [3.63, 3.8) is 0 Å². The molecule has 0 amide bonds. The van der Waals surface area contributed by atoms with E-state index in [-0.39, 0.29) is 48.6 Å². The van der Waals surface area contributed by atoms with Gasteiger partial charge in [0.2, 0.25) is 10.0 Å². The smallest absolute Gasteiger partial charge is 0.306 e. The molecule has 0 aliphatic carbocycles. The van der Waals surface area contributed by atoms with Crippen LogP contribution in [-0.2, 0) is 41.9 Å². The van der Waals surface area contributed by atoms with Gasteiger partial charge in [-0.2, -0.15) is 4.31 Å². The zero-order valence-corrected chi connectivity index (χ0v) is 25.4. The first-order valence-corrected chi connectivity index (χ1v) is 16.1. The highest BCUT2D eigenvalue weighted by Gasteiger charge is 2.32. The number of nitrogens with zero attached hydrogens (tertiary/aromatic N) is 1. The molecule has 1 aliphatic heterocycles. The second kappa shape index (κ2) is 16.2. The molecule has 3 rings (SSSR count). The number of hydrogen-bond acceptors (Lipinski definition) is 7. The average molecular weight is 588 g/mol. The number of carbonyl (C=O) groups is 2. The molecule has 1 aliphatic rings. The van der Waals surface area contributed by atoms with Crippen molar-refractivity contribution in [1.29, 1.82) is 0 Å². The Morgan fingerprint density at radius 2 is 1.76 bits per heavy atom. The molecule has 3 atom stereocenters. The lowest BCUT2D eigenvalue weighted by molar-refractivity contribution is -0.151. The Morgan fingerprint density at radius 1 is 1.05 bits per heavy atom. The highest BCUT2D eigenvalue weighted by molar-refractivity contribution is 7.89. The Labute approximate surface area is 245 Å². The lowest BCUT2D eigenvalue weighted by Crippen LogP contribution is -2.43. The maximum absolute atomic E-state index is 13.8. The molecule has 0 spiro atoms. The third-order valence-corrected chi connectivity index (χ3v) is 9.08. The molecule has 226 valence electrons. The molecular weight excluding hydrogens is 542 g/mol. The van der Waals surface area contributed by atoms with Gasteiger partial charge in [0.1, 0.15) is 11.9 Å². The molecule has 1 saturated heterocycles. The van der Waals surface area contributed by atoms with Crippen LogP contribution in [0.25, 0.3) is 0 Å². The van der Waals surface area contributed by atoms with Gasteiger partial charge < -0.3 is 14.6 Å². The second-order valence-electron chi connectivity index (χ2n) is 11.4. The SMILES string of the molecule is CCCCC(=O)Cc1ccc(S(=O)(=O)N(CC(C)C)CC(O)C(CC(=O)OC2CCOC2)Cc2ccccc2)cc1. The van der Waals surface area contributed by atoms with E-state index in [0.717, 1.165) is 24.0 Å². The summed E-state index contributed by atoms with van der Waals surface area (Å²) in [4.78, 5) is 25.1. The molecule has 8 nitrogen and oxygen atoms in total. The summed E-state index contributed by atoms with van der Waals surface area (Å²) in [5.41, 5.74) is 1.71. The zero-order valence-electron chi connectivity index (χ0n) is 24.5. The van der Waals surface area contributed by atoms with Gasteiger partial charge in [0, 0.05) is 38.3 Å². The van der Waals surface area contributed by atoms with Crippen LogP contribution >= 0.6 is 0 Å². The summed E-state index contributed by atoms with van der Waals surface area (Å²) in [5.74, 6) is -0.834. The van der Waals surface area contributed by atoms with Crippen LogP contribution in [0.1, 0.15) is 64.0 Å². The van der Waals surface area contributed by atoms with E-state index >= 15 is 0 Å². The van der Waals surface area contributed by atoms with Crippen molar-refractivity contribution in [1.82, 2.24) is 4.31 Å². The number of esters is 1. The molecule has 41 heavy (non-hydrogen) atoms. The van der Waals surface area contributed by atoms with E-state index < -0.39 is 28.0 Å². The fourth-order valence-corrected chi connectivity index (χ4v) is 6.59. The topological polar surface area (TPSA) is 110 Å². The Morgan fingerprint density at radius 3 is 2.37 bits per heavy atom. The van der Waals surface area contributed by atoms with Crippen molar-refractivity contribution >= 4 is 21.8 Å². The lowest BCUT2D eigenvalue weighted by Gasteiger charge is -2.30. The van der Waals surface area contributed by atoms with Crippen LogP contribution in [0.3, 0.4) is 0 Å². The van der Waals surface area contributed by atoms with Crippen LogP contribution in [-0.4, -0.2) is 68.1 Å². The van der Waals surface area contributed by atoms with Gasteiger partial charge in [0.15, 0.2) is 0 Å². The summed E-state index contributed by atoms with van der Waals surface area (Å²) in [7, 11) is -3.95. The van der Waals surface area contributed by atoms with Crippen molar-refractivity contribution < 1.29 is 32.6 Å². The molecule has 2 aromatic carbocycles. The van der Waals surface area contributed by atoms with E-state index in [1.165, 1.54) is 16.4 Å². The number of sulfonamides is 1. The maximum Gasteiger partial charge on any atom is 0.306 e. The number of ketones is 1. The predicted molar refractivity (Wildman–Crippen MR) is 158 cm³/mol. The molecule has 0 aromatic heterocycles. The molecule has 3 unspecified atom stereocenters. The summed E-state index contributed by atoms with van der Waals surface area (Å²) < 4.78 is 39.7. The van der Waals surface area contributed by atoms with Crippen molar-refractivity contribution in [3.8, 4) is 0 Å². The van der Waals surface area contributed by atoms with Crippen LogP contribution in [0.2, 0.25) is 0 Å². The second-order valence-corrected chi connectivity index (χ2v) is 13.3. The Kier molecular flexibility index (Phi) is 13.0. The molecule has 9 heteroatoms. The molecular formula is C32H45NO7S. The maximum atomic E-state index is 13.8. The molecule has 0 bridgehead atoms. The molecule has 2 aromatic rings. The van der Waals surface area contributed by atoms with Gasteiger partial charge >= 0.3 is 5.97 Å². The minimum Gasteiger partial charge on any atom is -0.460 e. The van der Waals surface area contributed by atoms with Crippen molar-refractivity contribution in [3.05, 3.63) is 65.7 Å². The van der Waals surface area contributed by atoms with E-state index in [9.17, 15) is 23.1 Å². The number of benzene rings is 2. The van der Waals surface area contributed by atoms with Crippen LogP contribution in [0.5, 0.6) is 0 Å². The largest absolute Gasteiger partial charge is 0.460 e.